The Kier molecular flexibility index (Phi) is 5.81. The molecule has 0 radical (unpaired) electrons. The molecule has 1 heterocycles. The summed E-state index contributed by atoms with van der Waals surface area (Å²) in [4.78, 5) is 1.70. The van der Waals surface area contributed by atoms with E-state index in [4.69, 9.17) is 4.74 Å². The predicted molar refractivity (Wildman–Crippen MR) is 104 cm³/mol. The van der Waals surface area contributed by atoms with Crippen LogP contribution in [0.2, 0.25) is 0 Å². The average molecular weight is 479 g/mol. The van der Waals surface area contributed by atoms with Crippen molar-refractivity contribution in [1.29, 1.82) is 0 Å². The molecule has 2 aromatic rings. The van der Waals surface area contributed by atoms with E-state index < -0.39 is 21.8 Å². The van der Waals surface area contributed by atoms with Crippen LogP contribution in [0, 0.1) is 0 Å². The highest BCUT2D eigenvalue weighted by Gasteiger charge is 2.32. The Morgan fingerprint density at radius 1 is 1.11 bits per heavy atom. The molecule has 0 saturated carbocycles. The maximum Gasteiger partial charge on any atom is 0.416 e. The molecule has 152 valence electrons. The van der Waals surface area contributed by atoms with Gasteiger partial charge in [0, 0.05) is 17.6 Å². The Morgan fingerprint density at radius 3 is 2.39 bits per heavy atom. The van der Waals surface area contributed by atoms with Crippen LogP contribution in [-0.4, -0.2) is 28.6 Å². The van der Waals surface area contributed by atoms with Gasteiger partial charge in [-0.2, -0.15) is 13.2 Å². The van der Waals surface area contributed by atoms with Crippen LogP contribution in [-0.2, 0) is 16.2 Å². The van der Waals surface area contributed by atoms with E-state index in [1.54, 1.807) is 6.07 Å². The Bertz CT molecular complexity index is 975. The van der Waals surface area contributed by atoms with Crippen molar-refractivity contribution in [3.8, 4) is 5.75 Å². The number of rotatable bonds is 5. The van der Waals surface area contributed by atoms with Crippen LogP contribution in [0.15, 0.2) is 45.8 Å². The van der Waals surface area contributed by atoms with Crippen molar-refractivity contribution in [2.24, 2.45) is 0 Å². The minimum absolute atomic E-state index is 0.0883. The molecule has 2 aromatic carbocycles. The number of anilines is 2. The monoisotopic (exact) mass is 478 g/mol. The number of hydrogen-bond donors (Lipinski definition) is 1. The minimum atomic E-state index is -4.59. The van der Waals surface area contributed by atoms with E-state index >= 15 is 0 Å². The minimum Gasteiger partial charge on any atom is -0.495 e. The van der Waals surface area contributed by atoms with Crippen molar-refractivity contribution in [3.05, 3.63) is 46.4 Å². The zero-order valence-corrected chi connectivity index (χ0v) is 17.3. The van der Waals surface area contributed by atoms with Gasteiger partial charge in [-0.1, -0.05) is 15.9 Å². The first-order valence-electron chi connectivity index (χ1n) is 8.44. The van der Waals surface area contributed by atoms with Crippen molar-refractivity contribution in [2.75, 3.05) is 29.8 Å². The van der Waals surface area contributed by atoms with Crippen LogP contribution < -0.4 is 14.4 Å². The lowest BCUT2D eigenvalue weighted by molar-refractivity contribution is -0.137. The molecular formula is C18H18BrF3N2O3S. The SMILES string of the molecule is COc1ccc(Br)cc1S(=O)(=O)Nc1cc(C(F)(F)F)ccc1N1CCCC1. The molecule has 0 aromatic heterocycles. The zero-order valence-electron chi connectivity index (χ0n) is 14.9. The van der Waals surface area contributed by atoms with Crippen LogP contribution in [0.3, 0.4) is 0 Å². The van der Waals surface area contributed by atoms with Gasteiger partial charge in [0.25, 0.3) is 10.0 Å². The van der Waals surface area contributed by atoms with Gasteiger partial charge in [-0.15, -0.1) is 0 Å². The van der Waals surface area contributed by atoms with Gasteiger partial charge >= 0.3 is 6.18 Å². The zero-order chi connectivity index (χ0) is 20.5. The first-order valence-corrected chi connectivity index (χ1v) is 10.7. The summed E-state index contributed by atoms with van der Waals surface area (Å²) in [7, 11) is -2.87. The second kappa shape index (κ2) is 7.82. The second-order valence-corrected chi connectivity index (χ2v) is 8.89. The summed E-state index contributed by atoms with van der Waals surface area (Å²) >= 11 is 3.20. The van der Waals surface area contributed by atoms with E-state index in [0.717, 1.165) is 25.0 Å². The van der Waals surface area contributed by atoms with Gasteiger partial charge in [0.15, 0.2) is 0 Å². The third-order valence-electron chi connectivity index (χ3n) is 4.43. The fourth-order valence-corrected chi connectivity index (χ4v) is 4.86. The third kappa shape index (κ3) is 4.38. The van der Waals surface area contributed by atoms with Crippen molar-refractivity contribution >= 4 is 37.3 Å². The number of alkyl halides is 3. The molecule has 10 heteroatoms. The molecule has 1 aliphatic heterocycles. The summed E-state index contributed by atoms with van der Waals surface area (Å²) in [5.74, 6) is 0.0883. The van der Waals surface area contributed by atoms with Gasteiger partial charge < -0.3 is 9.64 Å². The number of methoxy groups -OCH3 is 1. The van der Waals surface area contributed by atoms with Crippen molar-refractivity contribution in [2.45, 2.75) is 23.9 Å². The molecule has 1 N–H and O–H groups in total. The third-order valence-corrected chi connectivity index (χ3v) is 6.31. The number of nitrogens with zero attached hydrogens (tertiary/aromatic N) is 1. The molecule has 0 bridgehead atoms. The van der Waals surface area contributed by atoms with Crippen LogP contribution in [0.5, 0.6) is 5.75 Å². The van der Waals surface area contributed by atoms with E-state index in [0.29, 0.717) is 23.2 Å². The number of hydrogen-bond acceptors (Lipinski definition) is 4. The predicted octanol–water partition coefficient (Wildman–Crippen LogP) is 4.88. The average Bonchev–Trinajstić information content (AvgIpc) is 3.15. The molecule has 0 amide bonds. The van der Waals surface area contributed by atoms with E-state index in [-0.39, 0.29) is 16.3 Å². The van der Waals surface area contributed by atoms with Crippen LogP contribution in [0.1, 0.15) is 18.4 Å². The van der Waals surface area contributed by atoms with E-state index in [9.17, 15) is 21.6 Å². The fourth-order valence-electron chi connectivity index (χ4n) is 3.09. The summed E-state index contributed by atoms with van der Waals surface area (Å²) in [5.41, 5.74) is -0.615. The normalized spacial score (nSPS) is 15.0. The number of ether oxygens (including phenoxy) is 1. The highest BCUT2D eigenvalue weighted by atomic mass is 79.9. The van der Waals surface area contributed by atoms with Crippen molar-refractivity contribution < 1.29 is 26.3 Å². The summed E-state index contributed by atoms with van der Waals surface area (Å²) in [5, 5.41) is 0. The first-order chi connectivity index (χ1) is 13.1. The van der Waals surface area contributed by atoms with E-state index in [1.807, 2.05) is 4.90 Å². The van der Waals surface area contributed by atoms with Crippen LogP contribution >= 0.6 is 15.9 Å². The number of nitrogens with one attached hydrogen (secondary N) is 1. The molecule has 0 aliphatic carbocycles. The molecule has 28 heavy (non-hydrogen) atoms. The summed E-state index contributed by atoms with van der Waals surface area (Å²) in [6.07, 6.45) is -2.80. The van der Waals surface area contributed by atoms with Gasteiger partial charge in [-0.05, 0) is 49.2 Å². The summed E-state index contributed by atoms with van der Waals surface area (Å²) in [6.45, 7) is 1.31. The highest BCUT2D eigenvalue weighted by molar-refractivity contribution is 9.10. The number of benzene rings is 2. The quantitative estimate of drug-likeness (QED) is 0.665. The maximum atomic E-state index is 13.2. The molecule has 0 spiro atoms. The fraction of sp³-hybridized carbons (Fsp3) is 0.333. The highest BCUT2D eigenvalue weighted by Crippen LogP contribution is 2.38. The van der Waals surface area contributed by atoms with Gasteiger partial charge in [-0.3, -0.25) is 4.72 Å². The van der Waals surface area contributed by atoms with Gasteiger partial charge in [-0.25, -0.2) is 8.42 Å². The maximum absolute atomic E-state index is 13.2. The molecule has 1 saturated heterocycles. The van der Waals surface area contributed by atoms with E-state index in [1.165, 1.54) is 25.3 Å². The summed E-state index contributed by atoms with van der Waals surface area (Å²) < 4.78 is 73.4. The molecule has 0 unspecified atom stereocenters. The van der Waals surface area contributed by atoms with Crippen LogP contribution in [0.4, 0.5) is 24.5 Å². The van der Waals surface area contributed by atoms with Crippen molar-refractivity contribution in [3.63, 3.8) is 0 Å². The number of halogens is 4. The standard InChI is InChI=1S/C18H18BrF3N2O3S/c1-27-16-7-5-13(19)11-17(16)28(25,26)23-14-10-12(18(20,21)22)4-6-15(14)24-8-2-3-9-24/h4-7,10-11,23H,2-3,8-9H2,1H3. The molecule has 5 nitrogen and oxygen atoms in total. The van der Waals surface area contributed by atoms with Gasteiger partial charge in [0.05, 0.1) is 24.0 Å². The topological polar surface area (TPSA) is 58.6 Å². The lowest BCUT2D eigenvalue weighted by Gasteiger charge is -2.23. The molecular weight excluding hydrogens is 461 g/mol. The summed E-state index contributed by atoms with van der Waals surface area (Å²) in [6, 6.07) is 7.51. The second-order valence-electron chi connectivity index (χ2n) is 6.32. The largest absolute Gasteiger partial charge is 0.495 e. The lowest BCUT2D eigenvalue weighted by Crippen LogP contribution is -2.22. The Balaban J connectivity index is 2.07. The Hall–Kier alpha value is -1.94. The van der Waals surface area contributed by atoms with E-state index in [2.05, 4.69) is 20.7 Å². The lowest BCUT2D eigenvalue weighted by atomic mass is 10.1. The molecule has 0 atom stereocenters. The molecule has 1 fully saturated rings. The van der Waals surface area contributed by atoms with Crippen LogP contribution in [0.25, 0.3) is 0 Å². The van der Waals surface area contributed by atoms with Crippen molar-refractivity contribution in [1.82, 2.24) is 0 Å². The van der Waals surface area contributed by atoms with Gasteiger partial charge in [0.2, 0.25) is 0 Å². The molecule has 3 rings (SSSR count). The number of sulfonamides is 1. The first kappa shape index (κ1) is 20.8. The Morgan fingerprint density at radius 2 is 1.79 bits per heavy atom. The Labute approximate surface area is 169 Å². The van der Waals surface area contributed by atoms with Gasteiger partial charge in [0.1, 0.15) is 10.6 Å². The molecule has 1 aliphatic rings. The smallest absolute Gasteiger partial charge is 0.416 e.